The van der Waals surface area contributed by atoms with Crippen LogP contribution < -0.4 is 9.73 Å². The zero-order chi connectivity index (χ0) is 27.4. The number of aromatic nitrogens is 1. The highest BCUT2D eigenvalue weighted by Crippen LogP contribution is 2.26. The molecule has 1 aromatic heterocycles. The van der Waals surface area contributed by atoms with Crippen molar-refractivity contribution in [3.05, 3.63) is 111 Å². The van der Waals surface area contributed by atoms with E-state index in [0.717, 1.165) is 42.5 Å². The summed E-state index contributed by atoms with van der Waals surface area (Å²) in [6, 6.07) is 23.4. The van der Waals surface area contributed by atoms with Crippen LogP contribution in [-0.4, -0.2) is 31.7 Å². The molecule has 1 N–H and O–H groups in total. The molecule has 3 aromatic carbocycles. The Bertz CT molecular complexity index is 1590. The Kier molecular flexibility index (Phi) is 8.18. The number of hydrogen-bond acceptors (Lipinski definition) is 4. The quantitative estimate of drug-likeness (QED) is 0.207. The fourth-order valence-corrected chi connectivity index (χ4v) is 6.01. The van der Waals surface area contributed by atoms with Crippen molar-refractivity contribution < 1.29 is 13.2 Å². The molecule has 0 bridgehead atoms. The third-order valence-corrected chi connectivity index (χ3v) is 8.63. The van der Waals surface area contributed by atoms with Crippen molar-refractivity contribution >= 4 is 43.8 Å². The van der Waals surface area contributed by atoms with E-state index in [1.165, 1.54) is 0 Å². The van der Waals surface area contributed by atoms with Crippen molar-refractivity contribution in [1.82, 2.24) is 9.99 Å². The monoisotopic (exact) mass is 592 g/mol. The second kappa shape index (κ2) is 11.4. The Morgan fingerprint density at radius 2 is 1.55 bits per heavy atom. The Morgan fingerprint density at radius 1 is 0.947 bits per heavy atom. The SMILES string of the molecule is Cc1ccc(N(CC(=O)N/N=C\c2cc(C)n(-c3ccccc3Br)c2C)S(=O)(=O)c2ccc(C)cc2)cc1. The number of nitrogens with zero attached hydrogens (tertiary/aromatic N) is 3. The number of amides is 1. The van der Waals surface area contributed by atoms with E-state index in [2.05, 4.69) is 31.0 Å². The van der Waals surface area contributed by atoms with Crippen LogP contribution >= 0.6 is 15.9 Å². The van der Waals surface area contributed by atoms with Crippen LogP contribution in [0.2, 0.25) is 0 Å². The largest absolute Gasteiger partial charge is 0.317 e. The summed E-state index contributed by atoms with van der Waals surface area (Å²) in [5.41, 5.74) is 8.61. The molecule has 0 saturated carbocycles. The Hall–Kier alpha value is -3.69. The number of rotatable bonds is 8. The number of carbonyl (C=O) groups excluding carboxylic acids is 1. The van der Waals surface area contributed by atoms with Crippen LogP contribution in [0.5, 0.6) is 0 Å². The molecule has 9 heteroatoms. The standard InChI is InChI=1S/C29H29BrN4O3S/c1-20-9-13-25(14-10-20)33(38(36,37)26-15-11-21(2)12-16-26)19-29(35)32-31-18-24-17-22(3)34(23(24)4)28-8-6-5-7-27(28)30/h5-18H,19H2,1-4H3,(H,32,35)/b31-18-. The average molecular weight is 594 g/mol. The smallest absolute Gasteiger partial charge is 0.264 e. The number of aryl methyl sites for hydroxylation is 3. The van der Waals surface area contributed by atoms with Crippen molar-refractivity contribution in [3.8, 4) is 5.69 Å². The molecular weight excluding hydrogens is 564 g/mol. The van der Waals surface area contributed by atoms with Gasteiger partial charge in [-0.15, -0.1) is 0 Å². The number of hydrazone groups is 1. The van der Waals surface area contributed by atoms with E-state index < -0.39 is 22.5 Å². The lowest BCUT2D eigenvalue weighted by atomic mass is 10.2. The average Bonchev–Trinajstić information content (AvgIpc) is 3.16. The molecule has 0 unspecified atom stereocenters. The summed E-state index contributed by atoms with van der Waals surface area (Å²) in [6.07, 6.45) is 1.57. The summed E-state index contributed by atoms with van der Waals surface area (Å²) in [6.45, 7) is 7.35. The van der Waals surface area contributed by atoms with Crippen LogP contribution in [0.1, 0.15) is 28.1 Å². The summed E-state index contributed by atoms with van der Waals surface area (Å²) in [5.74, 6) is -0.558. The molecule has 0 aliphatic rings. The molecule has 1 heterocycles. The summed E-state index contributed by atoms with van der Waals surface area (Å²) in [7, 11) is -3.99. The maximum absolute atomic E-state index is 13.5. The third-order valence-electron chi connectivity index (χ3n) is 6.17. The molecule has 0 radical (unpaired) electrons. The molecule has 4 aromatic rings. The predicted octanol–water partition coefficient (Wildman–Crippen LogP) is 5.82. The van der Waals surface area contributed by atoms with Crippen molar-refractivity contribution in [2.24, 2.45) is 5.10 Å². The number of nitrogens with one attached hydrogen (secondary N) is 1. The fourth-order valence-electron chi connectivity index (χ4n) is 4.13. The Balaban J connectivity index is 1.56. The van der Waals surface area contributed by atoms with Crippen molar-refractivity contribution in [3.63, 3.8) is 0 Å². The van der Waals surface area contributed by atoms with E-state index in [-0.39, 0.29) is 4.90 Å². The number of halogens is 1. The van der Waals surface area contributed by atoms with E-state index in [9.17, 15) is 13.2 Å². The van der Waals surface area contributed by atoms with Gasteiger partial charge in [0.25, 0.3) is 15.9 Å². The Labute approximate surface area is 232 Å². The van der Waals surface area contributed by atoms with Gasteiger partial charge in [0.2, 0.25) is 0 Å². The van der Waals surface area contributed by atoms with Gasteiger partial charge < -0.3 is 4.57 Å². The molecular formula is C29H29BrN4O3S. The zero-order valence-corrected chi connectivity index (χ0v) is 24.0. The number of sulfonamides is 1. The molecule has 38 heavy (non-hydrogen) atoms. The first-order valence-electron chi connectivity index (χ1n) is 12.0. The molecule has 0 atom stereocenters. The maximum Gasteiger partial charge on any atom is 0.264 e. The van der Waals surface area contributed by atoms with Gasteiger partial charge in [0.05, 0.1) is 22.5 Å². The highest BCUT2D eigenvalue weighted by atomic mass is 79.9. The minimum Gasteiger partial charge on any atom is -0.317 e. The first-order chi connectivity index (χ1) is 18.1. The van der Waals surface area contributed by atoms with Crippen LogP contribution in [0.4, 0.5) is 5.69 Å². The fraction of sp³-hybridized carbons (Fsp3) is 0.172. The van der Waals surface area contributed by atoms with Gasteiger partial charge in [0.15, 0.2) is 0 Å². The first-order valence-corrected chi connectivity index (χ1v) is 14.2. The molecule has 7 nitrogen and oxygen atoms in total. The lowest BCUT2D eigenvalue weighted by Crippen LogP contribution is -2.39. The molecule has 4 rings (SSSR count). The topological polar surface area (TPSA) is 83.8 Å². The summed E-state index contributed by atoms with van der Waals surface area (Å²) in [5, 5.41) is 4.13. The van der Waals surface area contributed by atoms with Crippen LogP contribution in [-0.2, 0) is 14.8 Å². The second-order valence-corrected chi connectivity index (χ2v) is 11.8. The van der Waals surface area contributed by atoms with Gasteiger partial charge in [-0.1, -0.05) is 47.5 Å². The van der Waals surface area contributed by atoms with Gasteiger partial charge >= 0.3 is 0 Å². The zero-order valence-electron chi connectivity index (χ0n) is 21.6. The van der Waals surface area contributed by atoms with E-state index in [4.69, 9.17) is 0 Å². The van der Waals surface area contributed by atoms with Gasteiger partial charge in [-0.05, 0) is 86.1 Å². The number of carbonyl (C=O) groups is 1. The lowest BCUT2D eigenvalue weighted by molar-refractivity contribution is -0.119. The predicted molar refractivity (Wildman–Crippen MR) is 156 cm³/mol. The van der Waals surface area contributed by atoms with Crippen molar-refractivity contribution in [1.29, 1.82) is 0 Å². The summed E-state index contributed by atoms with van der Waals surface area (Å²) in [4.78, 5) is 13.0. The van der Waals surface area contributed by atoms with E-state index in [1.807, 2.05) is 70.2 Å². The highest BCUT2D eigenvalue weighted by molar-refractivity contribution is 9.10. The summed E-state index contributed by atoms with van der Waals surface area (Å²) < 4.78 is 31.2. The number of hydrogen-bond donors (Lipinski definition) is 1. The lowest BCUT2D eigenvalue weighted by Gasteiger charge is -2.24. The van der Waals surface area contributed by atoms with Crippen molar-refractivity contribution in [2.45, 2.75) is 32.6 Å². The van der Waals surface area contributed by atoms with Gasteiger partial charge in [-0.3, -0.25) is 9.10 Å². The van der Waals surface area contributed by atoms with Gasteiger partial charge in [0.1, 0.15) is 6.54 Å². The second-order valence-electron chi connectivity index (χ2n) is 9.07. The van der Waals surface area contributed by atoms with Crippen LogP contribution in [0.25, 0.3) is 5.69 Å². The molecule has 196 valence electrons. The van der Waals surface area contributed by atoms with E-state index in [1.54, 1.807) is 42.6 Å². The van der Waals surface area contributed by atoms with E-state index >= 15 is 0 Å². The molecule has 1 amide bonds. The highest BCUT2D eigenvalue weighted by Gasteiger charge is 2.27. The van der Waals surface area contributed by atoms with Crippen molar-refractivity contribution in [2.75, 3.05) is 10.8 Å². The molecule has 0 spiro atoms. The van der Waals surface area contributed by atoms with Gasteiger partial charge in [-0.2, -0.15) is 5.10 Å². The number of benzene rings is 3. The van der Waals surface area contributed by atoms with Gasteiger partial charge in [0, 0.05) is 21.4 Å². The molecule has 0 fully saturated rings. The normalized spacial score (nSPS) is 11.6. The molecule has 0 aliphatic carbocycles. The third kappa shape index (κ3) is 5.89. The minimum absolute atomic E-state index is 0.111. The van der Waals surface area contributed by atoms with Crippen LogP contribution in [0.15, 0.2) is 93.3 Å². The molecule has 0 aliphatic heterocycles. The number of anilines is 1. The van der Waals surface area contributed by atoms with Crippen LogP contribution in [0.3, 0.4) is 0 Å². The van der Waals surface area contributed by atoms with E-state index in [0.29, 0.717) is 5.69 Å². The summed E-state index contributed by atoms with van der Waals surface area (Å²) >= 11 is 3.60. The van der Waals surface area contributed by atoms with Crippen LogP contribution in [0, 0.1) is 27.7 Å². The number of para-hydroxylation sites is 1. The minimum atomic E-state index is -3.99. The van der Waals surface area contributed by atoms with Gasteiger partial charge in [-0.25, -0.2) is 13.8 Å². The molecule has 0 saturated heterocycles. The first kappa shape index (κ1) is 27.3. The Morgan fingerprint density at radius 3 is 2.18 bits per heavy atom. The maximum atomic E-state index is 13.5.